The number of nitrogens with one attached hydrogen (secondary N) is 1. The molecule has 96 valence electrons. The van der Waals surface area contributed by atoms with Gasteiger partial charge >= 0.3 is 0 Å². The molecule has 0 saturated carbocycles. The standard InChI is InChI=1S/C15H12F2N2/c1-9(10-5-3-2-4-6-10)15-18-13-8-11(16)7-12(17)14(13)19-15/h2-9H,1H3,(H,18,19). The fourth-order valence-electron chi connectivity index (χ4n) is 2.17. The van der Waals surface area contributed by atoms with Gasteiger partial charge in [-0.2, -0.15) is 0 Å². The van der Waals surface area contributed by atoms with Gasteiger partial charge in [-0.05, 0) is 11.6 Å². The average Bonchev–Trinajstić information content (AvgIpc) is 2.83. The number of hydrogen-bond donors (Lipinski definition) is 1. The molecular weight excluding hydrogens is 246 g/mol. The van der Waals surface area contributed by atoms with Crippen molar-refractivity contribution in [1.29, 1.82) is 0 Å². The number of benzene rings is 2. The zero-order chi connectivity index (χ0) is 13.4. The van der Waals surface area contributed by atoms with Gasteiger partial charge in [-0.1, -0.05) is 37.3 Å². The molecule has 0 aliphatic carbocycles. The molecule has 3 aromatic rings. The number of fused-ring (bicyclic) bond motifs is 1. The van der Waals surface area contributed by atoms with Gasteiger partial charge in [-0.3, -0.25) is 0 Å². The average molecular weight is 258 g/mol. The van der Waals surface area contributed by atoms with Crippen molar-refractivity contribution in [2.24, 2.45) is 0 Å². The third-order valence-electron chi connectivity index (χ3n) is 3.23. The van der Waals surface area contributed by atoms with E-state index in [9.17, 15) is 8.78 Å². The van der Waals surface area contributed by atoms with E-state index >= 15 is 0 Å². The zero-order valence-corrected chi connectivity index (χ0v) is 10.3. The topological polar surface area (TPSA) is 28.7 Å². The van der Waals surface area contributed by atoms with Crippen LogP contribution in [0.1, 0.15) is 24.2 Å². The third kappa shape index (κ3) is 2.10. The number of rotatable bonds is 2. The normalized spacial score (nSPS) is 12.8. The molecule has 3 rings (SSSR count). The van der Waals surface area contributed by atoms with Crippen molar-refractivity contribution in [2.75, 3.05) is 0 Å². The Morgan fingerprint density at radius 1 is 1.11 bits per heavy atom. The van der Waals surface area contributed by atoms with Crippen LogP contribution >= 0.6 is 0 Å². The molecule has 19 heavy (non-hydrogen) atoms. The fraction of sp³-hybridized carbons (Fsp3) is 0.133. The maximum atomic E-state index is 13.6. The van der Waals surface area contributed by atoms with Crippen LogP contribution in [0.3, 0.4) is 0 Å². The first-order valence-corrected chi connectivity index (χ1v) is 6.05. The van der Waals surface area contributed by atoms with Crippen LogP contribution in [0, 0.1) is 11.6 Å². The van der Waals surface area contributed by atoms with Crippen LogP contribution < -0.4 is 0 Å². The van der Waals surface area contributed by atoms with Gasteiger partial charge in [-0.25, -0.2) is 13.8 Å². The van der Waals surface area contributed by atoms with Gasteiger partial charge in [0.05, 0.1) is 5.52 Å². The molecule has 0 bridgehead atoms. The minimum Gasteiger partial charge on any atom is -0.341 e. The molecule has 2 nitrogen and oxygen atoms in total. The predicted octanol–water partition coefficient (Wildman–Crippen LogP) is 3.99. The van der Waals surface area contributed by atoms with E-state index in [0.717, 1.165) is 11.6 Å². The monoisotopic (exact) mass is 258 g/mol. The number of nitrogens with zero attached hydrogens (tertiary/aromatic N) is 1. The smallest absolute Gasteiger partial charge is 0.153 e. The van der Waals surface area contributed by atoms with Crippen molar-refractivity contribution < 1.29 is 8.78 Å². The Hall–Kier alpha value is -2.23. The number of halogens is 2. The summed E-state index contributed by atoms with van der Waals surface area (Å²) in [5, 5.41) is 0. The van der Waals surface area contributed by atoms with E-state index in [0.29, 0.717) is 11.3 Å². The Kier molecular flexibility index (Phi) is 2.78. The molecule has 0 spiro atoms. The molecule has 1 N–H and O–H groups in total. The molecule has 1 unspecified atom stereocenters. The first-order chi connectivity index (χ1) is 9.15. The second-order valence-corrected chi connectivity index (χ2v) is 4.54. The van der Waals surface area contributed by atoms with Crippen molar-refractivity contribution >= 4 is 11.0 Å². The Morgan fingerprint density at radius 2 is 1.84 bits per heavy atom. The summed E-state index contributed by atoms with van der Waals surface area (Å²) in [5.74, 6) is -0.618. The maximum absolute atomic E-state index is 13.6. The third-order valence-corrected chi connectivity index (χ3v) is 3.23. The van der Waals surface area contributed by atoms with Crippen molar-refractivity contribution in [3.8, 4) is 0 Å². The quantitative estimate of drug-likeness (QED) is 0.739. The van der Waals surface area contributed by atoms with Gasteiger partial charge in [-0.15, -0.1) is 0 Å². The lowest BCUT2D eigenvalue weighted by molar-refractivity contribution is 0.590. The highest BCUT2D eigenvalue weighted by Gasteiger charge is 2.15. The van der Waals surface area contributed by atoms with Crippen LogP contribution in [-0.2, 0) is 0 Å². The van der Waals surface area contributed by atoms with E-state index in [4.69, 9.17) is 0 Å². The number of aromatic amines is 1. The highest BCUT2D eigenvalue weighted by atomic mass is 19.1. The second kappa shape index (κ2) is 4.46. The van der Waals surface area contributed by atoms with Crippen LogP contribution in [0.5, 0.6) is 0 Å². The van der Waals surface area contributed by atoms with Gasteiger partial charge in [0.15, 0.2) is 5.82 Å². The summed E-state index contributed by atoms with van der Waals surface area (Å²) in [6.45, 7) is 1.97. The van der Waals surface area contributed by atoms with E-state index in [1.807, 2.05) is 37.3 Å². The molecule has 0 aliphatic rings. The Labute approximate surface area is 109 Å². The summed E-state index contributed by atoms with van der Waals surface area (Å²) in [6.07, 6.45) is 0. The van der Waals surface area contributed by atoms with Crippen LogP contribution in [0.2, 0.25) is 0 Å². The number of aromatic nitrogens is 2. The van der Waals surface area contributed by atoms with Gasteiger partial charge in [0.25, 0.3) is 0 Å². The SMILES string of the molecule is CC(c1ccccc1)c1nc2c(F)cc(F)cc2[nH]1. The molecule has 0 amide bonds. The Bertz CT molecular complexity index is 720. The van der Waals surface area contributed by atoms with Crippen LogP contribution in [0.15, 0.2) is 42.5 Å². The molecule has 1 heterocycles. The molecule has 0 radical (unpaired) electrons. The minimum atomic E-state index is -0.641. The highest BCUT2D eigenvalue weighted by molar-refractivity contribution is 5.76. The highest BCUT2D eigenvalue weighted by Crippen LogP contribution is 2.25. The number of hydrogen-bond acceptors (Lipinski definition) is 1. The molecule has 0 fully saturated rings. The van der Waals surface area contributed by atoms with Crippen LogP contribution in [0.25, 0.3) is 11.0 Å². The van der Waals surface area contributed by atoms with E-state index in [1.165, 1.54) is 6.07 Å². The van der Waals surface area contributed by atoms with Gasteiger partial charge < -0.3 is 4.98 Å². The first-order valence-electron chi connectivity index (χ1n) is 6.05. The van der Waals surface area contributed by atoms with E-state index < -0.39 is 11.6 Å². The lowest BCUT2D eigenvalue weighted by Gasteiger charge is -2.07. The summed E-state index contributed by atoms with van der Waals surface area (Å²) < 4.78 is 26.7. The Balaban J connectivity index is 2.09. The summed E-state index contributed by atoms with van der Waals surface area (Å²) in [7, 11) is 0. The molecule has 0 saturated heterocycles. The lowest BCUT2D eigenvalue weighted by atomic mass is 10.0. The molecule has 4 heteroatoms. The lowest BCUT2D eigenvalue weighted by Crippen LogP contribution is -1.97. The van der Waals surface area contributed by atoms with Gasteiger partial charge in [0.1, 0.15) is 17.2 Å². The van der Waals surface area contributed by atoms with Crippen molar-refractivity contribution in [1.82, 2.24) is 9.97 Å². The van der Waals surface area contributed by atoms with E-state index in [1.54, 1.807) is 0 Å². The Morgan fingerprint density at radius 3 is 2.58 bits per heavy atom. The minimum absolute atomic E-state index is 0.00365. The molecule has 2 aromatic carbocycles. The summed E-state index contributed by atoms with van der Waals surface area (Å²) in [5.41, 5.74) is 1.64. The summed E-state index contributed by atoms with van der Waals surface area (Å²) >= 11 is 0. The predicted molar refractivity (Wildman–Crippen MR) is 70.0 cm³/mol. The molecule has 1 aromatic heterocycles. The van der Waals surface area contributed by atoms with Crippen LogP contribution in [-0.4, -0.2) is 9.97 Å². The largest absolute Gasteiger partial charge is 0.341 e. The van der Waals surface area contributed by atoms with Gasteiger partial charge in [0.2, 0.25) is 0 Å². The van der Waals surface area contributed by atoms with Crippen molar-refractivity contribution in [2.45, 2.75) is 12.8 Å². The van der Waals surface area contributed by atoms with Crippen LogP contribution in [0.4, 0.5) is 8.78 Å². The second-order valence-electron chi connectivity index (χ2n) is 4.54. The van der Waals surface area contributed by atoms with E-state index in [2.05, 4.69) is 9.97 Å². The molecule has 1 atom stereocenters. The fourth-order valence-corrected chi connectivity index (χ4v) is 2.17. The number of H-pyrrole nitrogens is 1. The van der Waals surface area contributed by atoms with Crippen molar-refractivity contribution in [3.63, 3.8) is 0 Å². The molecular formula is C15H12F2N2. The van der Waals surface area contributed by atoms with Gasteiger partial charge in [0, 0.05) is 12.0 Å². The molecule has 0 aliphatic heterocycles. The summed E-state index contributed by atoms with van der Waals surface area (Å²) in [4.78, 5) is 7.22. The zero-order valence-electron chi connectivity index (χ0n) is 10.3. The first kappa shape index (κ1) is 11.8. The van der Waals surface area contributed by atoms with E-state index in [-0.39, 0.29) is 11.4 Å². The maximum Gasteiger partial charge on any atom is 0.153 e. The number of imidazole rings is 1. The summed E-state index contributed by atoms with van der Waals surface area (Å²) in [6, 6.07) is 11.9. The van der Waals surface area contributed by atoms with Crippen molar-refractivity contribution in [3.05, 3.63) is 65.5 Å².